The first kappa shape index (κ1) is 18.7. The van der Waals surface area contributed by atoms with Crippen LogP contribution in [0.2, 0.25) is 0 Å². The molecule has 0 bridgehead atoms. The largest absolute Gasteiger partial charge is 0.394 e. The molecule has 0 spiro atoms. The Morgan fingerprint density at radius 1 is 1.30 bits per heavy atom. The summed E-state index contributed by atoms with van der Waals surface area (Å²) in [6, 6.07) is 0. The second kappa shape index (κ2) is 9.59. The molecule has 114 valence electrons. The number of hydrogen-bond donors (Lipinski definition) is 2. The van der Waals surface area contributed by atoms with Crippen molar-refractivity contribution >= 4 is 0 Å². The Kier molecular flexibility index (Phi) is 8.97. The summed E-state index contributed by atoms with van der Waals surface area (Å²) in [4.78, 5) is 2.77. The molecule has 0 aliphatic carbocycles. The van der Waals surface area contributed by atoms with Gasteiger partial charge in [0.2, 0.25) is 0 Å². The Bertz CT molecular complexity index is 394. The Morgan fingerprint density at radius 2 is 1.95 bits per heavy atom. The first-order chi connectivity index (χ1) is 9.35. The third kappa shape index (κ3) is 7.34. The van der Waals surface area contributed by atoms with Crippen molar-refractivity contribution in [2.45, 2.75) is 65.0 Å². The molecule has 0 aromatic heterocycles. The maximum atomic E-state index is 9.73. The summed E-state index contributed by atoms with van der Waals surface area (Å²) in [5.41, 5.74) is 10.2. The molecule has 0 aliphatic rings. The second-order valence-electron chi connectivity index (χ2n) is 5.65. The maximum absolute atomic E-state index is 9.73. The summed E-state index contributed by atoms with van der Waals surface area (Å²) in [5, 5.41) is 22.4. The smallest absolute Gasteiger partial charge is 0.0881 e. The van der Waals surface area contributed by atoms with Crippen LogP contribution in [0.4, 0.5) is 0 Å². The monoisotopic (exact) mass is 281 g/mol. The van der Waals surface area contributed by atoms with Crippen LogP contribution in [0.25, 0.3) is 10.4 Å². The van der Waals surface area contributed by atoms with Crippen LogP contribution >= 0.6 is 0 Å². The van der Waals surface area contributed by atoms with Gasteiger partial charge in [0.05, 0.1) is 18.2 Å². The molecule has 0 radical (unpaired) electrons. The van der Waals surface area contributed by atoms with E-state index >= 15 is 0 Å². The molecule has 0 aromatic rings. The topological polar surface area (TPSA) is 89.2 Å². The van der Waals surface area contributed by atoms with Crippen molar-refractivity contribution in [2.24, 2.45) is 5.11 Å². The van der Waals surface area contributed by atoms with Crippen LogP contribution in [0.15, 0.2) is 28.4 Å². The van der Waals surface area contributed by atoms with Crippen molar-refractivity contribution in [1.82, 2.24) is 0 Å². The molecule has 0 rings (SSSR count). The van der Waals surface area contributed by atoms with E-state index in [0.717, 1.165) is 12.8 Å². The van der Waals surface area contributed by atoms with E-state index in [1.54, 1.807) is 6.92 Å². The van der Waals surface area contributed by atoms with Crippen molar-refractivity contribution < 1.29 is 10.2 Å². The van der Waals surface area contributed by atoms with Crippen molar-refractivity contribution in [3.8, 4) is 0 Å². The number of allylic oxidation sites excluding steroid dienone is 4. The highest BCUT2D eigenvalue weighted by atomic mass is 16.3. The van der Waals surface area contributed by atoms with Gasteiger partial charge in [0.15, 0.2) is 0 Å². The van der Waals surface area contributed by atoms with Crippen LogP contribution in [0.3, 0.4) is 0 Å². The van der Waals surface area contributed by atoms with Crippen molar-refractivity contribution in [3.63, 3.8) is 0 Å². The number of azide groups is 1. The highest BCUT2D eigenvalue weighted by molar-refractivity contribution is 5.03. The fraction of sp³-hybridized carbons (Fsp3) is 0.733. The highest BCUT2D eigenvalue weighted by Gasteiger charge is 2.30. The quantitative estimate of drug-likeness (QED) is 0.290. The van der Waals surface area contributed by atoms with Gasteiger partial charge in [0, 0.05) is 4.91 Å². The normalized spacial score (nSPS) is 16.0. The molecule has 0 aliphatic heterocycles. The molecule has 20 heavy (non-hydrogen) atoms. The summed E-state index contributed by atoms with van der Waals surface area (Å²) >= 11 is 0. The van der Waals surface area contributed by atoms with Gasteiger partial charge in [-0.25, -0.2) is 0 Å². The van der Waals surface area contributed by atoms with Gasteiger partial charge >= 0.3 is 0 Å². The molecule has 2 atom stereocenters. The average Bonchev–Trinajstić information content (AvgIpc) is 2.37. The lowest BCUT2D eigenvalue weighted by atomic mass is 9.90. The minimum atomic E-state index is -1.03. The summed E-state index contributed by atoms with van der Waals surface area (Å²) in [6.45, 7) is 7.51. The third-order valence-corrected chi connectivity index (χ3v) is 3.40. The van der Waals surface area contributed by atoms with Gasteiger partial charge in [-0.05, 0) is 52.0 Å². The first-order valence-electron chi connectivity index (χ1n) is 7.00. The third-order valence-electron chi connectivity index (χ3n) is 3.40. The number of nitrogens with zero attached hydrogens (tertiary/aromatic N) is 3. The van der Waals surface area contributed by atoms with Crippen LogP contribution < -0.4 is 0 Å². The van der Waals surface area contributed by atoms with E-state index in [1.807, 2.05) is 0 Å². The summed E-state index contributed by atoms with van der Waals surface area (Å²) < 4.78 is 0. The number of hydrogen-bond acceptors (Lipinski definition) is 3. The fourth-order valence-corrected chi connectivity index (χ4v) is 1.88. The highest BCUT2D eigenvalue weighted by Crippen LogP contribution is 2.23. The van der Waals surface area contributed by atoms with Gasteiger partial charge in [0.1, 0.15) is 0 Å². The van der Waals surface area contributed by atoms with E-state index in [-0.39, 0.29) is 0 Å². The minimum Gasteiger partial charge on any atom is -0.394 e. The summed E-state index contributed by atoms with van der Waals surface area (Å²) in [5.74, 6) is 0. The molecule has 5 nitrogen and oxygen atoms in total. The predicted molar refractivity (Wildman–Crippen MR) is 82.3 cm³/mol. The van der Waals surface area contributed by atoms with Gasteiger partial charge < -0.3 is 10.2 Å². The lowest BCUT2D eigenvalue weighted by Crippen LogP contribution is -2.39. The minimum absolute atomic E-state index is 0.404. The van der Waals surface area contributed by atoms with E-state index in [0.29, 0.717) is 12.8 Å². The Hall–Kier alpha value is -1.29. The van der Waals surface area contributed by atoms with Crippen molar-refractivity contribution in [2.75, 3.05) is 6.61 Å². The molecular formula is C15H27N3O2. The van der Waals surface area contributed by atoms with Crippen molar-refractivity contribution in [1.29, 1.82) is 0 Å². The Morgan fingerprint density at radius 3 is 2.45 bits per heavy atom. The molecule has 0 heterocycles. The van der Waals surface area contributed by atoms with Gasteiger partial charge in [0.25, 0.3) is 0 Å². The lowest BCUT2D eigenvalue weighted by Gasteiger charge is -2.28. The van der Waals surface area contributed by atoms with Crippen LogP contribution in [-0.4, -0.2) is 28.5 Å². The first-order valence-corrected chi connectivity index (χ1v) is 7.00. The van der Waals surface area contributed by atoms with Gasteiger partial charge in [-0.2, -0.15) is 0 Å². The number of aliphatic hydroxyl groups is 2. The standard InChI is InChI=1S/C15H27N3O2/c1-12(2)7-5-8-13(3)9-6-10-15(4,17-18-16)14(20)11-19/h7,9,14,19-20H,5-6,8,10-11H2,1-4H3/b13-9+/t14-,15+/m0/s1. The Balaban J connectivity index is 4.43. The van der Waals surface area contributed by atoms with E-state index in [4.69, 9.17) is 10.6 Å². The number of rotatable bonds is 9. The predicted octanol–water partition coefficient (Wildman–Crippen LogP) is 3.88. The van der Waals surface area contributed by atoms with Crippen LogP contribution in [0.1, 0.15) is 53.4 Å². The Labute approximate surface area is 121 Å². The van der Waals surface area contributed by atoms with E-state index < -0.39 is 18.2 Å². The van der Waals surface area contributed by atoms with Crippen LogP contribution in [-0.2, 0) is 0 Å². The maximum Gasteiger partial charge on any atom is 0.0881 e. The molecule has 0 unspecified atom stereocenters. The summed E-state index contributed by atoms with van der Waals surface area (Å²) in [7, 11) is 0. The van der Waals surface area contributed by atoms with Crippen LogP contribution in [0.5, 0.6) is 0 Å². The molecule has 0 amide bonds. The fourth-order valence-electron chi connectivity index (χ4n) is 1.88. The molecular weight excluding hydrogens is 254 g/mol. The number of aliphatic hydroxyl groups excluding tert-OH is 2. The van der Waals surface area contributed by atoms with E-state index in [2.05, 4.69) is 42.9 Å². The zero-order valence-corrected chi connectivity index (χ0v) is 13.0. The molecule has 0 saturated heterocycles. The van der Waals surface area contributed by atoms with E-state index in [1.165, 1.54) is 11.1 Å². The molecule has 0 aromatic carbocycles. The van der Waals surface area contributed by atoms with E-state index in [9.17, 15) is 5.11 Å². The van der Waals surface area contributed by atoms with Gasteiger partial charge in [-0.1, -0.05) is 35.3 Å². The molecule has 5 heteroatoms. The average molecular weight is 281 g/mol. The molecule has 0 saturated carbocycles. The lowest BCUT2D eigenvalue weighted by molar-refractivity contribution is 0.0347. The molecule has 0 fully saturated rings. The van der Waals surface area contributed by atoms with Crippen molar-refractivity contribution in [3.05, 3.63) is 33.7 Å². The molecule has 2 N–H and O–H groups in total. The van der Waals surface area contributed by atoms with Gasteiger partial charge in [-0.3, -0.25) is 0 Å². The zero-order chi connectivity index (χ0) is 15.6. The SMILES string of the molecule is CC(C)=CCC/C(C)=C/CC[C@@](C)(N=[N+]=[N-])[C@@H](O)CO. The van der Waals surface area contributed by atoms with Crippen LogP contribution in [0, 0.1) is 0 Å². The summed E-state index contributed by atoms with van der Waals surface area (Å²) in [6.07, 6.45) is 6.54. The zero-order valence-electron chi connectivity index (χ0n) is 13.0. The van der Waals surface area contributed by atoms with Gasteiger partial charge in [-0.15, -0.1) is 0 Å². The second-order valence-corrected chi connectivity index (χ2v) is 5.65.